The van der Waals surface area contributed by atoms with E-state index in [1.165, 1.54) is 140 Å². The summed E-state index contributed by atoms with van der Waals surface area (Å²) in [5, 5.41) is 0. The third-order valence-electron chi connectivity index (χ3n) is 20.4. The minimum absolute atomic E-state index is 0.0391. The average Bonchev–Trinajstić information content (AvgIpc) is 2.19. The Morgan fingerprint density at radius 2 is 0.929 bits per heavy atom. The van der Waals surface area contributed by atoms with E-state index in [9.17, 15) is 0 Å². The summed E-state index contributed by atoms with van der Waals surface area (Å²) < 4.78 is 0. The van der Waals surface area contributed by atoms with Crippen LogP contribution in [0.4, 0.5) is 45.5 Å². The minimum atomic E-state index is -0.400. The summed E-state index contributed by atoms with van der Waals surface area (Å²) in [5.41, 5.74) is 32.0. The first-order chi connectivity index (χ1) is 40.3. The first kappa shape index (κ1) is 52.5. The molecule has 3 heterocycles. The van der Waals surface area contributed by atoms with E-state index in [-0.39, 0.29) is 28.4 Å². The molecule has 2 aliphatic carbocycles. The van der Waals surface area contributed by atoms with Crippen molar-refractivity contribution in [2.45, 2.75) is 124 Å². The molecule has 0 spiro atoms. The molecule has 84 heavy (non-hydrogen) atoms. The molecule has 10 aromatic rings. The van der Waals surface area contributed by atoms with E-state index in [2.05, 4.69) is 303 Å². The zero-order valence-corrected chi connectivity index (χ0v) is 51.0. The molecule has 3 nitrogen and oxygen atoms in total. The monoisotopic (exact) mass is 1090 g/mol. The van der Waals surface area contributed by atoms with Crippen LogP contribution in [0.3, 0.4) is 0 Å². The van der Waals surface area contributed by atoms with Crippen molar-refractivity contribution in [3.05, 3.63) is 257 Å². The number of benzene rings is 10. The van der Waals surface area contributed by atoms with Crippen molar-refractivity contribution in [2.24, 2.45) is 5.41 Å². The van der Waals surface area contributed by atoms with E-state index in [1.54, 1.807) is 0 Å². The fourth-order valence-electron chi connectivity index (χ4n) is 16.0. The van der Waals surface area contributed by atoms with Gasteiger partial charge in [-0.15, -0.1) is 0 Å². The second-order valence-electron chi connectivity index (χ2n) is 28.5. The van der Waals surface area contributed by atoms with Crippen molar-refractivity contribution in [3.63, 3.8) is 0 Å². The Morgan fingerprint density at radius 1 is 0.405 bits per heavy atom. The van der Waals surface area contributed by atoms with Gasteiger partial charge < -0.3 is 14.7 Å². The summed E-state index contributed by atoms with van der Waals surface area (Å²) in [6, 6.07) is 82.6. The van der Waals surface area contributed by atoms with Crippen LogP contribution in [0, 0.1) is 12.3 Å². The maximum atomic E-state index is 2.77. The largest absolute Gasteiger partial charge is 0.330 e. The van der Waals surface area contributed by atoms with Crippen molar-refractivity contribution >= 4 is 68.6 Å². The Labute approximate surface area is 499 Å². The third-order valence-corrected chi connectivity index (χ3v) is 20.4. The van der Waals surface area contributed by atoms with Gasteiger partial charge >= 0.3 is 0 Å². The molecule has 0 radical (unpaired) electrons. The fourth-order valence-corrected chi connectivity index (χ4v) is 16.0. The molecular formula is C80H76BN3. The fraction of sp³-hybridized carbons (Fsp3) is 0.250. The van der Waals surface area contributed by atoms with Gasteiger partial charge in [-0.25, -0.2) is 0 Å². The number of aryl methyl sites for hydroxylation is 2. The first-order valence-corrected chi connectivity index (χ1v) is 30.8. The first-order valence-electron chi connectivity index (χ1n) is 30.8. The molecule has 0 N–H and O–H groups in total. The molecule has 5 aliphatic rings. The second-order valence-corrected chi connectivity index (χ2v) is 28.5. The Morgan fingerprint density at radius 3 is 1.51 bits per heavy atom. The maximum Gasteiger partial charge on any atom is 0.252 e. The molecule has 2 unspecified atom stereocenters. The van der Waals surface area contributed by atoms with Crippen LogP contribution in [0.15, 0.2) is 212 Å². The SMILES string of the molecule is Cc1cc2c3c(c1)N(c1ccc(C(C)(C)C)cc1-c1ccccc1)c1cc4c(cc1B3c1ccc(N3c5ccc(-c6ccccc6)cc5C5(C)CCc6ccccc6C35C)cc1N2c1ccc(C(C)(C)C)cc1-c1ccccc1)CC(C)(C)C4. The molecular weight excluding hydrogens is 1010 g/mol. The smallest absolute Gasteiger partial charge is 0.252 e. The van der Waals surface area contributed by atoms with Crippen LogP contribution in [-0.2, 0) is 41.0 Å². The van der Waals surface area contributed by atoms with E-state index in [4.69, 9.17) is 0 Å². The number of hydrogen-bond donors (Lipinski definition) is 0. The molecule has 10 aromatic carbocycles. The highest BCUT2D eigenvalue weighted by Crippen LogP contribution is 2.65. The quantitative estimate of drug-likeness (QED) is 0.154. The van der Waals surface area contributed by atoms with Gasteiger partial charge in [0.15, 0.2) is 0 Å². The van der Waals surface area contributed by atoms with E-state index in [1.807, 2.05) is 0 Å². The van der Waals surface area contributed by atoms with Crippen molar-refractivity contribution in [1.82, 2.24) is 0 Å². The van der Waals surface area contributed by atoms with Gasteiger partial charge in [0.1, 0.15) is 0 Å². The van der Waals surface area contributed by atoms with E-state index < -0.39 is 5.54 Å². The number of fused-ring (bicyclic) bond motifs is 10. The predicted octanol–water partition coefficient (Wildman–Crippen LogP) is 19.1. The van der Waals surface area contributed by atoms with E-state index in [0.29, 0.717) is 0 Å². The lowest BCUT2D eigenvalue weighted by atomic mass is 9.33. The lowest BCUT2D eigenvalue weighted by Crippen LogP contribution is -2.61. The molecule has 0 saturated heterocycles. The van der Waals surface area contributed by atoms with Crippen molar-refractivity contribution < 1.29 is 0 Å². The molecule has 15 rings (SSSR count). The van der Waals surface area contributed by atoms with Gasteiger partial charge in [0.25, 0.3) is 6.71 Å². The van der Waals surface area contributed by atoms with Gasteiger partial charge in [-0.05, 0) is 206 Å². The van der Waals surface area contributed by atoms with Gasteiger partial charge in [0.2, 0.25) is 0 Å². The molecule has 0 aromatic heterocycles. The van der Waals surface area contributed by atoms with Crippen LogP contribution in [-0.4, -0.2) is 6.71 Å². The van der Waals surface area contributed by atoms with Gasteiger partial charge in [0.05, 0.1) is 16.9 Å². The van der Waals surface area contributed by atoms with Crippen LogP contribution >= 0.6 is 0 Å². The Bertz CT molecular complexity index is 4310. The van der Waals surface area contributed by atoms with Crippen LogP contribution in [0.5, 0.6) is 0 Å². The van der Waals surface area contributed by atoms with E-state index in [0.717, 1.165) is 25.7 Å². The molecule has 414 valence electrons. The van der Waals surface area contributed by atoms with Crippen molar-refractivity contribution in [1.29, 1.82) is 0 Å². The normalized spacial score (nSPS) is 18.8. The van der Waals surface area contributed by atoms with Crippen molar-refractivity contribution in [2.75, 3.05) is 14.7 Å². The van der Waals surface area contributed by atoms with Gasteiger partial charge in [-0.1, -0.05) is 208 Å². The topological polar surface area (TPSA) is 9.72 Å². The summed E-state index contributed by atoms with van der Waals surface area (Å²) in [6.45, 7) is 26.4. The summed E-state index contributed by atoms with van der Waals surface area (Å²) in [7, 11) is 0. The van der Waals surface area contributed by atoms with Crippen LogP contribution in [0.2, 0.25) is 0 Å². The number of nitrogens with zero attached hydrogens (tertiary/aromatic N) is 3. The Kier molecular flexibility index (Phi) is 11.6. The van der Waals surface area contributed by atoms with Crippen LogP contribution in [0.1, 0.15) is 120 Å². The Balaban J connectivity index is 1.04. The number of anilines is 8. The predicted molar refractivity (Wildman–Crippen MR) is 358 cm³/mol. The molecule has 0 saturated carbocycles. The number of hydrogen-bond acceptors (Lipinski definition) is 3. The summed E-state index contributed by atoms with van der Waals surface area (Å²) in [5.74, 6) is 0. The Hall–Kier alpha value is -8.34. The standard InChI is InChI=1S/C80H76BN3/c1-51-41-73-75-74(42-51)83(69-38-33-60(77(5,6)7)47-63(69)54-27-19-14-20-28-54)72-48-61(84-70-36-31-56(52-23-15-12-16-24-52)43-65(70)79(10)40-39-55-29-21-22-30-64(55)80(79,84)11)34-35-66(72)81(75)67-44-57-49-78(8,9)50-58(57)45-71(67)82(73)68-37-32-59(76(2,3)4)46-62(68)53-25-17-13-18-26-53/h12-38,41-48H,39-40,49-50H2,1-11H3. The van der Waals surface area contributed by atoms with Crippen molar-refractivity contribution in [3.8, 4) is 33.4 Å². The molecule has 0 fully saturated rings. The summed E-state index contributed by atoms with van der Waals surface area (Å²) >= 11 is 0. The summed E-state index contributed by atoms with van der Waals surface area (Å²) in [6.07, 6.45) is 4.21. The van der Waals surface area contributed by atoms with E-state index >= 15 is 0 Å². The highest BCUT2D eigenvalue weighted by Gasteiger charge is 2.60. The van der Waals surface area contributed by atoms with Crippen LogP contribution in [0.25, 0.3) is 33.4 Å². The molecule has 4 heteroatoms. The lowest BCUT2D eigenvalue weighted by Gasteiger charge is -2.51. The maximum absolute atomic E-state index is 2.77. The third kappa shape index (κ3) is 7.92. The molecule has 3 aliphatic heterocycles. The highest BCUT2D eigenvalue weighted by molar-refractivity contribution is 7.00. The molecule has 0 bridgehead atoms. The van der Waals surface area contributed by atoms with Crippen LogP contribution < -0.4 is 31.1 Å². The number of rotatable bonds is 6. The zero-order valence-electron chi connectivity index (χ0n) is 51.0. The zero-order chi connectivity index (χ0) is 57.8. The average molecular weight is 1090 g/mol. The summed E-state index contributed by atoms with van der Waals surface area (Å²) in [4.78, 5) is 8.15. The molecule has 0 amide bonds. The second kappa shape index (κ2) is 18.6. The minimum Gasteiger partial charge on any atom is -0.330 e. The van der Waals surface area contributed by atoms with Gasteiger partial charge in [-0.2, -0.15) is 0 Å². The van der Waals surface area contributed by atoms with Gasteiger partial charge in [-0.3, -0.25) is 0 Å². The molecule has 2 atom stereocenters. The highest BCUT2D eigenvalue weighted by atomic mass is 15.3. The van der Waals surface area contributed by atoms with Gasteiger partial charge in [0, 0.05) is 50.7 Å². The lowest BCUT2D eigenvalue weighted by molar-refractivity contribution is 0.245.